The van der Waals surface area contributed by atoms with Gasteiger partial charge in [-0.1, -0.05) is 15.9 Å². The van der Waals surface area contributed by atoms with E-state index in [1.165, 1.54) is 6.33 Å². The Hall–Kier alpha value is -1.86. The van der Waals surface area contributed by atoms with Crippen LogP contribution in [0.25, 0.3) is 0 Å². The van der Waals surface area contributed by atoms with Gasteiger partial charge in [-0.15, -0.1) is 0 Å². The third-order valence-corrected chi connectivity index (χ3v) is 3.43. The maximum absolute atomic E-state index is 9.09. The standard InChI is InChI=1S/C14H17BrN4O2/c1-2-19(7-8-20)13-12(16)14(18-9-17-13)21-11-5-3-10(15)4-6-11/h3-6,9,20H,2,7-8,16H2,1H3. The number of aliphatic hydroxyl groups excluding tert-OH is 1. The van der Waals surface area contributed by atoms with Gasteiger partial charge in [0.15, 0.2) is 5.82 Å². The molecule has 2 rings (SSSR count). The zero-order chi connectivity index (χ0) is 15.2. The second kappa shape index (κ2) is 7.24. The monoisotopic (exact) mass is 352 g/mol. The Balaban J connectivity index is 2.26. The minimum Gasteiger partial charge on any atom is -0.437 e. The van der Waals surface area contributed by atoms with Crippen molar-refractivity contribution in [2.24, 2.45) is 0 Å². The normalized spacial score (nSPS) is 10.4. The van der Waals surface area contributed by atoms with Crippen molar-refractivity contribution in [3.63, 3.8) is 0 Å². The molecule has 0 saturated carbocycles. The van der Waals surface area contributed by atoms with Gasteiger partial charge < -0.3 is 20.5 Å². The summed E-state index contributed by atoms with van der Waals surface area (Å²) in [6, 6.07) is 7.38. The van der Waals surface area contributed by atoms with Crippen LogP contribution < -0.4 is 15.4 Å². The van der Waals surface area contributed by atoms with Crippen LogP contribution in [0.15, 0.2) is 35.1 Å². The average Bonchev–Trinajstić information content (AvgIpc) is 2.49. The Morgan fingerprint density at radius 3 is 2.62 bits per heavy atom. The lowest BCUT2D eigenvalue weighted by Crippen LogP contribution is -2.28. The van der Waals surface area contributed by atoms with E-state index in [0.29, 0.717) is 36.2 Å². The molecule has 0 radical (unpaired) electrons. The van der Waals surface area contributed by atoms with Crippen LogP contribution in [0, 0.1) is 0 Å². The van der Waals surface area contributed by atoms with Crippen molar-refractivity contribution in [2.45, 2.75) is 6.92 Å². The summed E-state index contributed by atoms with van der Waals surface area (Å²) >= 11 is 3.37. The zero-order valence-electron chi connectivity index (χ0n) is 11.7. The molecule has 112 valence electrons. The van der Waals surface area contributed by atoms with Crippen molar-refractivity contribution in [3.05, 3.63) is 35.1 Å². The lowest BCUT2D eigenvalue weighted by atomic mass is 10.3. The van der Waals surface area contributed by atoms with Gasteiger partial charge in [-0.25, -0.2) is 4.98 Å². The van der Waals surface area contributed by atoms with Gasteiger partial charge in [-0.05, 0) is 31.2 Å². The molecule has 0 atom stereocenters. The number of aromatic nitrogens is 2. The molecule has 0 saturated heterocycles. The minimum absolute atomic E-state index is 0.0280. The summed E-state index contributed by atoms with van der Waals surface area (Å²) in [5, 5.41) is 9.09. The summed E-state index contributed by atoms with van der Waals surface area (Å²) in [6.07, 6.45) is 1.40. The Morgan fingerprint density at radius 1 is 1.29 bits per heavy atom. The van der Waals surface area contributed by atoms with Gasteiger partial charge in [0.2, 0.25) is 5.88 Å². The van der Waals surface area contributed by atoms with Gasteiger partial charge in [0, 0.05) is 17.6 Å². The van der Waals surface area contributed by atoms with Gasteiger partial charge >= 0.3 is 0 Å². The van der Waals surface area contributed by atoms with Crippen molar-refractivity contribution in [2.75, 3.05) is 30.3 Å². The number of likely N-dealkylation sites (N-methyl/N-ethyl adjacent to an activating group) is 1. The molecule has 0 amide bonds. The Kier molecular flexibility index (Phi) is 5.35. The minimum atomic E-state index is 0.0280. The van der Waals surface area contributed by atoms with E-state index in [9.17, 15) is 0 Å². The Morgan fingerprint density at radius 2 is 2.00 bits per heavy atom. The second-order valence-electron chi connectivity index (χ2n) is 4.28. The first-order valence-electron chi connectivity index (χ1n) is 6.55. The van der Waals surface area contributed by atoms with Crippen molar-refractivity contribution >= 4 is 27.4 Å². The SMILES string of the molecule is CCN(CCO)c1ncnc(Oc2ccc(Br)cc2)c1N. The van der Waals surface area contributed by atoms with Crippen molar-refractivity contribution in [1.29, 1.82) is 0 Å². The van der Waals surface area contributed by atoms with E-state index in [-0.39, 0.29) is 6.61 Å². The highest BCUT2D eigenvalue weighted by Crippen LogP contribution is 2.31. The van der Waals surface area contributed by atoms with Crippen LogP contribution in [0.3, 0.4) is 0 Å². The summed E-state index contributed by atoms with van der Waals surface area (Å²) in [4.78, 5) is 10.1. The summed E-state index contributed by atoms with van der Waals surface area (Å²) in [7, 11) is 0. The van der Waals surface area contributed by atoms with Crippen molar-refractivity contribution in [3.8, 4) is 11.6 Å². The quantitative estimate of drug-likeness (QED) is 0.830. The topological polar surface area (TPSA) is 84.5 Å². The number of ether oxygens (including phenoxy) is 1. The number of anilines is 2. The molecule has 0 unspecified atom stereocenters. The van der Waals surface area contributed by atoms with E-state index in [4.69, 9.17) is 15.6 Å². The number of nitrogen functional groups attached to an aromatic ring is 1. The summed E-state index contributed by atoms with van der Waals surface area (Å²) in [6.45, 7) is 3.13. The number of hydrogen-bond acceptors (Lipinski definition) is 6. The molecular formula is C14H17BrN4O2. The van der Waals surface area contributed by atoms with E-state index in [0.717, 1.165) is 4.47 Å². The first-order valence-corrected chi connectivity index (χ1v) is 7.34. The lowest BCUT2D eigenvalue weighted by Gasteiger charge is -2.22. The Bertz CT molecular complexity index is 592. The largest absolute Gasteiger partial charge is 0.437 e. The van der Waals surface area contributed by atoms with Crippen LogP contribution in [0.4, 0.5) is 11.5 Å². The average molecular weight is 353 g/mol. The predicted molar refractivity (Wildman–Crippen MR) is 85.6 cm³/mol. The molecular weight excluding hydrogens is 336 g/mol. The van der Waals surface area contributed by atoms with Crippen LogP contribution >= 0.6 is 15.9 Å². The number of hydrogen-bond donors (Lipinski definition) is 2. The third kappa shape index (κ3) is 3.83. The lowest BCUT2D eigenvalue weighted by molar-refractivity contribution is 0.302. The van der Waals surface area contributed by atoms with E-state index >= 15 is 0 Å². The first kappa shape index (κ1) is 15.5. The smallest absolute Gasteiger partial charge is 0.248 e. The van der Waals surface area contributed by atoms with Crippen LogP contribution in [-0.4, -0.2) is 34.8 Å². The fourth-order valence-electron chi connectivity index (χ4n) is 1.85. The van der Waals surface area contributed by atoms with Crippen molar-refractivity contribution in [1.82, 2.24) is 9.97 Å². The summed E-state index contributed by atoms with van der Waals surface area (Å²) in [5.74, 6) is 1.51. The number of benzene rings is 1. The van der Waals surface area contributed by atoms with Gasteiger partial charge in [0.1, 0.15) is 17.8 Å². The van der Waals surface area contributed by atoms with E-state index in [1.807, 2.05) is 36.1 Å². The maximum Gasteiger partial charge on any atom is 0.248 e. The predicted octanol–water partition coefficient (Wildman–Crippen LogP) is 2.43. The molecule has 1 heterocycles. The fraction of sp³-hybridized carbons (Fsp3) is 0.286. The molecule has 0 aliphatic carbocycles. The zero-order valence-corrected chi connectivity index (χ0v) is 13.2. The number of aliphatic hydroxyl groups is 1. The number of halogens is 1. The third-order valence-electron chi connectivity index (χ3n) is 2.91. The summed E-state index contributed by atoms with van der Waals surface area (Å²) < 4.78 is 6.66. The highest BCUT2D eigenvalue weighted by molar-refractivity contribution is 9.10. The van der Waals surface area contributed by atoms with Gasteiger partial charge in [0.05, 0.1) is 6.61 Å². The molecule has 1 aromatic carbocycles. The summed E-state index contributed by atoms with van der Waals surface area (Å²) in [5.41, 5.74) is 6.44. The number of nitrogens with zero attached hydrogens (tertiary/aromatic N) is 3. The van der Waals surface area contributed by atoms with E-state index in [2.05, 4.69) is 25.9 Å². The molecule has 0 fully saturated rings. The fourth-order valence-corrected chi connectivity index (χ4v) is 2.12. The van der Waals surface area contributed by atoms with Crippen LogP contribution in [0.1, 0.15) is 6.92 Å². The highest BCUT2D eigenvalue weighted by atomic mass is 79.9. The molecule has 7 heteroatoms. The van der Waals surface area contributed by atoms with Gasteiger partial charge in [0.25, 0.3) is 0 Å². The number of nitrogens with two attached hydrogens (primary N) is 1. The molecule has 3 N–H and O–H groups in total. The highest BCUT2D eigenvalue weighted by Gasteiger charge is 2.15. The van der Waals surface area contributed by atoms with Crippen LogP contribution in [-0.2, 0) is 0 Å². The van der Waals surface area contributed by atoms with Gasteiger partial charge in [-0.3, -0.25) is 0 Å². The molecule has 2 aromatic rings. The van der Waals surface area contributed by atoms with Crippen LogP contribution in [0.5, 0.6) is 11.6 Å². The molecule has 1 aromatic heterocycles. The first-order chi connectivity index (χ1) is 10.2. The van der Waals surface area contributed by atoms with Gasteiger partial charge in [-0.2, -0.15) is 4.98 Å². The van der Waals surface area contributed by atoms with E-state index < -0.39 is 0 Å². The number of rotatable bonds is 6. The molecule has 21 heavy (non-hydrogen) atoms. The van der Waals surface area contributed by atoms with E-state index in [1.54, 1.807) is 0 Å². The molecule has 6 nitrogen and oxygen atoms in total. The molecule has 0 aliphatic rings. The van der Waals surface area contributed by atoms with Crippen molar-refractivity contribution < 1.29 is 9.84 Å². The molecule has 0 spiro atoms. The maximum atomic E-state index is 9.09. The second-order valence-corrected chi connectivity index (χ2v) is 5.19. The molecule has 0 aliphatic heterocycles. The van der Waals surface area contributed by atoms with Crippen LogP contribution in [0.2, 0.25) is 0 Å². The molecule has 0 bridgehead atoms. The Labute approximate surface area is 131 Å².